The first-order valence-corrected chi connectivity index (χ1v) is 15.1. The van der Waals surface area contributed by atoms with Gasteiger partial charge in [-0.1, -0.05) is 6.07 Å². The predicted octanol–water partition coefficient (Wildman–Crippen LogP) is 5.32. The number of para-hydroxylation sites is 1. The number of carbonyl (C=O) groups excluding carboxylic acids is 2. The molecule has 4 heterocycles. The topological polar surface area (TPSA) is 154 Å². The summed E-state index contributed by atoms with van der Waals surface area (Å²) < 4.78 is 56.8. The fourth-order valence-electron chi connectivity index (χ4n) is 5.17. The van der Waals surface area contributed by atoms with Gasteiger partial charge in [0, 0.05) is 49.7 Å². The van der Waals surface area contributed by atoms with Crippen molar-refractivity contribution < 1.29 is 42.1 Å². The maximum absolute atomic E-state index is 13.8. The van der Waals surface area contributed by atoms with Gasteiger partial charge < -0.3 is 29.0 Å². The quantitative estimate of drug-likeness (QED) is 0.189. The molecule has 0 radical (unpaired) electrons. The molecule has 264 valence electrons. The zero-order valence-electron chi connectivity index (χ0n) is 29.0. The molecule has 0 aliphatic carbocycles. The van der Waals surface area contributed by atoms with E-state index in [1.165, 1.54) is 32.1 Å². The van der Waals surface area contributed by atoms with Crippen LogP contribution in [-0.2, 0) is 18.8 Å². The third-order valence-corrected chi connectivity index (χ3v) is 7.50. The Bertz CT molecular complexity index is 2010. The molecule has 0 saturated carbocycles. The minimum absolute atomic E-state index is 0.0259. The number of halogens is 2. The van der Waals surface area contributed by atoms with E-state index < -0.39 is 29.2 Å². The second kappa shape index (κ2) is 15.9. The van der Waals surface area contributed by atoms with Crippen LogP contribution in [0.2, 0.25) is 0 Å². The van der Waals surface area contributed by atoms with Gasteiger partial charge in [-0.3, -0.25) is 14.2 Å². The Balaban J connectivity index is 0.000000232. The molecule has 0 bridgehead atoms. The van der Waals surface area contributed by atoms with Crippen LogP contribution in [0.4, 0.5) is 14.5 Å². The highest BCUT2D eigenvalue weighted by Crippen LogP contribution is 2.36. The SMILES string of the molecule is CCOC(=O)c1nn(C)c(-c2cnc(OC)cc2OC)c1C.COc1cc(OC)c(-c2c(C)c(C(=O)Nc3c(F)cccc3F)nn2C)cn1. The molecule has 4 aromatic heterocycles. The molecule has 5 rings (SSSR count). The van der Waals surface area contributed by atoms with Crippen LogP contribution in [-0.4, -0.2) is 76.5 Å². The van der Waals surface area contributed by atoms with Gasteiger partial charge in [0.25, 0.3) is 5.91 Å². The van der Waals surface area contributed by atoms with Crippen molar-refractivity contribution in [1.29, 1.82) is 0 Å². The summed E-state index contributed by atoms with van der Waals surface area (Å²) >= 11 is 0. The van der Waals surface area contributed by atoms with Crippen molar-refractivity contribution in [3.05, 3.63) is 76.9 Å². The second-order valence-electron chi connectivity index (χ2n) is 10.5. The minimum Gasteiger partial charge on any atom is -0.496 e. The monoisotopic (exact) mass is 693 g/mol. The van der Waals surface area contributed by atoms with Crippen LogP contribution >= 0.6 is 0 Å². The molecule has 5 aromatic rings. The van der Waals surface area contributed by atoms with Crippen molar-refractivity contribution in [2.75, 3.05) is 40.4 Å². The molecule has 1 aromatic carbocycles. The summed E-state index contributed by atoms with van der Waals surface area (Å²) in [5.74, 6) is -1.03. The van der Waals surface area contributed by atoms with Crippen LogP contribution < -0.4 is 24.3 Å². The number of nitrogens with zero attached hydrogens (tertiary/aromatic N) is 6. The number of anilines is 1. The lowest BCUT2D eigenvalue weighted by Crippen LogP contribution is -2.16. The van der Waals surface area contributed by atoms with E-state index in [1.54, 1.807) is 64.3 Å². The number of nitrogens with one attached hydrogen (secondary N) is 1. The van der Waals surface area contributed by atoms with E-state index in [-0.39, 0.29) is 11.4 Å². The van der Waals surface area contributed by atoms with Gasteiger partial charge in [0.2, 0.25) is 11.8 Å². The zero-order valence-corrected chi connectivity index (χ0v) is 29.0. The molecule has 0 spiro atoms. The smallest absolute Gasteiger partial charge is 0.359 e. The van der Waals surface area contributed by atoms with Crippen LogP contribution in [0.1, 0.15) is 39.0 Å². The maximum atomic E-state index is 13.8. The third-order valence-electron chi connectivity index (χ3n) is 7.50. The number of methoxy groups -OCH3 is 4. The summed E-state index contributed by atoms with van der Waals surface area (Å²) in [5.41, 5.74) is 3.64. The average Bonchev–Trinajstić information content (AvgIpc) is 3.58. The average molecular weight is 694 g/mol. The number of hydrogen-bond acceptors (Lipinski definition) is 11. The number of carbonyl (C=O) groups is 2. The van der Waals surface area contributed by atoms with Crippen LogP contribution in [0.3, 0.4) is 0 Å². The Kier molecular flexibility index (Phi) is 11.7. The van der Waals surface area contributed by atoms with Crippen molar-refractivity contribution in [3.63, 3.8) is 0 Å². The highest BCUT2D eigenvalue weighted by Gasteiger charge is 2.25. The third kappa shape index (κ3) is 7.48. The molecule has 1 N–H and O–H groups in total. The Labute approximate surface area is 286 Å². The van der Waals surface area contributed by atoms with Gasteiger partial charge in [0.1, 0.15) is 28.8 Å². The fraction of sp³-hybridized carbons (Fsp3) is 0.294. The number of aryl methyl sites for hydroxylation is 2. The van der Waals surface area contributed by atoms with Gasteiger partial charge in [0.15, 0.2) is 11.4 Å². The molecular weight excluding hydrogens is 656 g/mol. The van der Waals surface area contributed by atoms with Crippen molar-refractivity contribution in [2.45, 2.75) is 20.8 Å². The largest absolute Gasteiger partial charge is 0.496 e. The Morgan fingerprint density at radius 1 is 0.760 bits per heavy atom. The van der Waals surface area contributed by atoms with E-state index in [0.29, 0.717) is 52.3 Å². The van der Waals surface area contributed by atoms with Crippen molar-refractivity contribution in [3.8, 4) is 45.8 Å². The van der Waals surface area contributed by atoms with E-state index in [0.717, 1.165) is 23.4 Å². The van der Waals surface area contributed by atoms with E-state index in [9.17, 15) is 18.4 Å². The van der Waals surface area contributed by atoms with Gasteiger partial charge in [0.05, 0.1) is 57.6 Å². The first kappa shape index (κ1) is 36.8. The number of amides is 1. The van der Waals surface area contributed by atoms with Gasteiger partial charge in [-0.15, -0.1) is 0 Å². The first-order valence-electron chi connectivity index (χ1n) is 15.1. The molecule has 16 heteroatoms. The molecule has 0 fully saturated rings. The van der Waals surface area contributed by atoms with Crippen LogP contribution in [0.25, 0.3) is 22.5 Å². The molecule has 0 atom stereocenters. The lowest BCUT2D eigenvalue weighted by atomic mass is 10.1. The van der Waals surface area contributed by atoms with Crippen molar-refractivity contribution >= 4 is 17.6 Å². The van der Waals surface area contributed by atoms with Gasteiger partial charge in [-0.2, -0.15) is 10.2 Å². The summed E-state index contributed by atoms with van der Waals surface area (Å²) in [7, 11) is 9.49. The van der Waals surface area contributed by atoms with E-state index in [2.05, 4.69) is 25.5 Å². The van der Waals surface area contributed by atoms with Crippen molar-refractivity contribution in [1.82, 2.24) is 29.5 Å². The van der Waals surface area contributed by atoms with Gasteiger partial charge in [-0.25, -0.2) is 23.5 Å². The number of hydrogen-bond donors (Lipinski definition) is 1. The van der Waals surface area contributed by atoms with E-state index >= 15 is 0 Å². The molecule has 0 saturated heterocycles. The van der Waals surface area contributed by atoms with Crippen LogP contribution in [0.5, 0.6) is 23.3 Å². The number of ether oxygens (including phenoxy) is 5. The van der Waals surface area contributed by atoms with Gasteiger partial charge in [-0.05, 0) is 32.9 Å². The molecule has 1 amide bonds. The molecule has 0 aliphatic rings. The molecule has 50 heavy (non-hydrogen) atoms. The molecule has 0 unspecified atom stereocenters. The summed E-state index contributed by atoms with van der Waals surface area (Å²) in [6.07, 6.45) is 3.18. The lowest BCUT2D eigenvalue weighted by molar-refractivity contribution is 0.0517. The predicted molar refractivity (Wildman–Crippen MR) is 179 cm³/mol. The Morgan fingerprint density at radius 3 is 1.66 bits per heavy atom. The standard InChI is InChI=1S/C19H18F2N4O3.C15H19N3O4/c1-10-16(19(26)23-17-12(20)6-5-7-13(17)21)24-25(2)18(10)11-9-22-15(28-4)8-14(11)27-3;1-6-22-15(19)13-9(2)14(18(3)17-13)10-8-16-12(21-5)7-11(10)20-4/h5-9H,1-4H3,(H,23,26);7-8H,6H2,1-5H3. The fourth-order valence-corrected chi connectivity index (χ4v) is 5.17. The summed E-state index contributed by atoms with van der Waals surface area (Å²) in [6.45, 7) is 5.56. The Morgan fingerprint density at radius 2 is 1.22 bits per heavy atom. The first-order chi connectivity index (χ1) is 23.9. The maximum Gasteiger partial charge on any atom is 0.359 e. The number of rotatable bonds is 10. The van der Waals surface area contributed by atoms with Gasteiger partial charge >= 0.3 is 5.97 Å². The second-order valence-corrected chi connectivity index (χ2v) is 10.5. The van der Waals surface area contributed by atoms with E-state index in [1.807, 2.05) is 6.92 Å². The normalized spacial score (nSPS) is 10.5. The number of pyridine rings is 2. The van der Waals surface area contributed by atoms with Crippen LogP contribution in [0, 0.1) is 25.5 Å². The lowest BCUT2D eigenvalue weighted by Gasteiger charge is -2.11. The van der Waals surface area contributed by atoms with Crippen LogP contribution in [0.15, 0.2) is 42.7 Å². The highest BCUT2D eigenvalue weighted by molar-refractivity contribution is 6.05. The number of esters is 1. The number of aromatic nitrogens is 6. The molecule has 14 nitrogen and oxygen atoms in total. The number of benzene rings is 1. The van der Waals surface area contributed by atoms with Crippen molar-refractivity contribution in [2.24, 2.45) is 14.1 Å². The summed E-state index contributed by atoms with van der Waals surface area (Å²) in [6, 6.07) is 6.63. The molecular formula is C34H37F2N7O7. The Hall–Kier alpha value is -6.06. The summed E-state index contributed by atoms with van der Waals surface area (Å²) in [4.78, 5) is 32.9. The van der Waals surface area contributed by atoms with E-state index in [4.69, 9.17) is 23.7 Å². The zero-order chi connectivity index (χ0) is 36.7. The highest BCUT2D eigenvalue weighted by atomic mass is 19.1. The molecule has 0 aliphatic heterocycles. The minimum atomic E-state index is -0.872. The summed E-state index contributed by atoms with van der Waals surface area (Å²) in [5, 5.41) is 10.7.